The molecule has 0 aliphatic carbocycles. The van der Waals surface area contributed by atoms with Gasteiger partial charge in [-0.05, 0) is 33.0 Å². The maximum atomic E-state index is 2.60. The number of unbranched alkanes of at least 4 members (excludes halogenated alkanes) is 38. The molecule has 0 aliphatic rings. The summed E-state index contributed by atoms with van der Waals surface area (Å²) >= 11 is 0. The Kier molecular flexibility index (Phi) is 42.9. The molecule has 0 unspecified atom stereocenters. The zero-order valence-electron chi connectivity index (χ0n) is 33.1. The van der Waals surface area contributed by atoms with Crippen LogP contribution in [0.5, 0.6) is 0 Å². The molecule has 0 radical (unpaired) electrons. The van der Waals surface area contributed by atoms with Crippen molar-refractivity contribution in [1.82, 2.24) is 4.90 Å². The molecule has 0 saturated carbocycles. The van der Waals surface area contributed by atoms with Crippen molar-refractivity contribution in [3.63, 3.8) is 0 Å². The Morgan fingerprint density at radius 3 is 0.478 bits per heavy atom. The SMILES string of the molecule is CCCCCCCCCCCCCCCCCCCCCCN(C)CCCCCCCCCCCCCCCCCCCCCC. The van der Waals surface area contributed by atoms with E-state index in [1.54, 1.807) is 0 Å². The lowest BCUT2D eigenvalue weighted by atomic mass is 10.0. The van der Waals surface area contributed by atoms with Gasteiger partial charge >= 0.3 is 0 Å². The first-order valence-electron chi connectivity index (χ1n) is 22.5. The Hall–Kier alpha value is -0.0400. The third-order valence-corrected chi connectivity index (χ3v) is 10.8. The molecule has 278 valence electrons. The van der Waals surface area contributed by atoms with Gasteiger partial charge in [0.1, 0.15) is 0 Å². The lowest BCUT2D eigenvalue weighted by Gasteiger charge is -2.16. The van der Waals surface area contributed by atoms with Gasteiger partial charge in [0.25, 0.3) is 0 Å². The zero-order valence-corrected chi connectivity index (χ0v) is 33.1. The van der Waals surface area contributed by atoms with Gasteiger partial charge in [0, 0.05) is 0 Å². The standard InChI is InChI=1S/C45H93N/c1-4-6-8-10-12-14-16-18-20-22-24-26-28-30-32-34-36-38-40-42-44-46(3)45-43-41-39-37-35-33-31-29-27-25-23-21-19-17-15-13-11-9-7-5-2/h4-45H2,1-3H3. The van der Waals surface area contributed by atoms with E-state index in [-0.39, 0.29) is 0 Å². The fourth-order valence-electron chi connectivity index (χ4n) is 7.39. The molecule has 0 aromatic carbocycles. The van der Waals surface area contributed by atoms with Crippen molar-refractivity contribution >= 4 is 0 Å². The highest BCUT2D eigenvalue weighted by molar-refractivity contribution is 4.56. The van der Waals surface area contributed by atoms with Crippen molar-refractivity contribution in [2.45, 2.75) is 271 Å². The van der Waals surface area contributed by atoms with Gasteiger partial charge in [-0.2, -0.15) is 0 Å². The van der Waals surface area contributed by atoms with Crippen LogP contribution in [0.1, 0.15) is 271 Å². The average Bonchev–Trinajstić information content (AvgIpc) is 3.06. The fraction of sp³-hybridized carbons (Fsp3) is 1.00. The molecule has 0 N–H and O–H groups in total. The van der Waals surface area contributed by atoms with Gasteiger partial charge in [0.15, 0.2) is 0 Å². The molecule has 1 nitrogen and oxygen atoms in total. The second-order valence-electron chi connectivity index (χ2n) is 15.7. The Balaban J connectivity index is 3.13. The number of nitrogens with zero attached hydrogens (tertiary/aromatic N) is 1. The summed E-state index contributed by atoms with van der Waals surface area (Å²) in [6.45, 7) is 7.26. The summed E-state index contributed by atoms with van der Waals surface area (Å²) < 4.78 is 0. The maximum Gasteiger partial charge on any atom is -0.00218 e. The Labute approximate surface area is 295 Å². The van der Waals surface area contributed by atoms with Crippen LogP contribution in [0.4, 0.5) is 0 Å². The molecule has 0 aliphatic heterocycles. The summed E-state index contributed by atoms with van der Waals surface area (Å²) in [5.74, 6) is 0. The molecule has 0 saturated heterocycles. The number of rotatable bonds is 42. The Morgan fingerprint density at radius 2 is 0.326 bits per heavy atom. The molecule has 0 amide bonds. The van der Waals surface area contributed by atoms with Crippen LogP contribution >= 0.6 is 0 Å². The molecule has 0 bridgehead atoms. The molecule has 0 aromatic heterocycles. The lowest BCUT2D eigenvalue weighted by Crippen LogP contribution is -2.20. The van der Waals surface area contributed by atoms with Crippen LogP contribution in [0.2, 0.25) is 0 Å². The molecule has 0 atom stereocenters. The van der Waals surface area contributed by atoms with Crippen molar-refractivity contribution < 1.29 is 0 Å². The Bertz CT molecular complexity index is 457. The third-order valence-electron chi connectivity index (χ3n) is 10.8. The monoisotopic (exact) mass is 648 g/mol. The van der Waals surface area contributed by atoms with Gasteiger partial charge in [-0.1, -0.05) is 258 Å². The van der Waals surface area contributed by atoms with Crippen molar-refractivity contribution in [2.24, 2.45) is 0 Å². The first-order chi connectivity index (χ1) is 22.8. The van der Waals surface area contributed by atoms with Crippen molar-refractivity contribution in [1.29, 1.82) is 0 Å². The second kappa shape index (κ2) is 43.0. The van der Waals surface area contributed by atoms with Crippen LogP contribution in [0.15, 0.2) is 0 Å². The van der Waals surface area contributed by atoms with Crippen molar-refractivity contribution in [3.05, 3.63) is 0 Å². The summed E-state index contributed by atoms with van der Waals surface area (Å²) in [6.07, 6.45) is 58.8. The molecule has 1 heteroatoms. The van der Waals surface area contributed by atoms with E-state index in [1.165, 1.54) is 270 Å². The summed E-state index contributed by atoms with van der Waals surface area (Å²) in [5, 5.41) is 0. The molecule has 0 rings (SSSR count). The predicted molar refractivity (Wildman–Crippen MR) is 214 cm³/mol. The molecule has 0 aromatic rings. The third kappa shape index (κ3) is 42.0. The van der Waals surface area contributed by atoms with Gasteiger partial charge in [-0.15, -0.1) is 0 Å². The van der Waals surface area contributed by atoms with Crippen LogP contribution in [-0.4, -0.2) is 25.0 Å². The predicted octanol–water partition coefficient (Wildman–Crippen LogP) is 16.6. The normalized spacial score (nSPS) is 11.7. The zero-order chi connectivity index (χ0) is 33.3. The molecule has 0 heterocycles. The van der Waals surface area contributed by atoms with Crippen LogP contribution in [-0.2, 0) is 0 Å². The highest BCUT2D eigenvalue weighted by Gasteiger charge is 2.00. The van der Waals surface area contributed by atoms with Crippen LogP contribution in [0.3, 0.4) is 0 Å². The van der Waals surface area contributed by atoms with Gasteiger partial charge < -0.3 is 4.90 Å². The van der Waals surface area contributed by atoms with E-state index in [4.69, 9.17) is 0 Å². The first-order valence-corrected chi connectivity index (χ1v) is 22.5. The van der Waals surface area contributed by atoms with Crippen molar-refractivity contribution in [3.8, 4) is 0 Å². The lowest BCUT2D eigenvalue weighted by molar-refractivity contribution is 0.314. The molecule has 0 fully saturated rings. The summed E-state index contributed by atoms with van der Waals surface area (Å²) in [7, 11) is 2.35. The van der Waals surface area contributed by atoms with Crippen LogP contribution in [0.25, 0.3) is 0 Å². The second-order valence-corrected chi connectivity index (χ2v) is 15.7. The minimum absolute atomic E-state index is 1.32. The molecular weight excluding hydrogens is 555 g/mol. The summed E-state index contributed by atoms with van der Waals surface area (Å²) in [5.41, 5.74) is 0. The highest BCUT2D eigenvalue weighted by Crippen LogP contribution is 2.17. The quantitative estimate of drug-likeness (QED) is 0.0596. The van der Waals surface area contributed by atoms with Gasteiger partial charge in [0.2, 0.25) is 0 Å². The van der Waals surface area contributed by atoms with Crippen LogP contribution < -0.4 is 0 Å². The fourth-order valence-corrected chi connectivity index (χ4v) is 7.39. The largest absolute Gasteiger partial charge is 0.306 e. The highest BCUT2D eigenvalue weighted by atomic mass is 15.1. The maximum absolute atomic E-state index is 2.60. The van der Waals surface area contributed by atoms with Crippen molar-refractivity contribution in [2.75, 3.05) is 20.1 Å². The smallest absolute Gasteiger partial charge is 0.00218 e. The Morgan fingerprint density at radius 1 is 0.196 bits per heavy atom. The molecular formula is C45H93N. The van der Waals surface area contributed by atoms with Crippen LogP contribution in [0, 0.1) is 0 Å². The topological polar surface area (TPSA) is 3.24 Å². The van der Waals surface area contributed by atoms with Gasteiger partial charge in [0.05, 0.1) is 0 Å². The number of hydrogen-bond acceptors (Lipinski definition) is 1. The minimum atomic E-state index is 1.32. The van der Waals surface area contributed by atoms with E-state index in [0.29, 0.717) is 0 Å². The number of hydrogen-bond donors (Lipinski definition) is 0. The van der Waals surface area contributed by atoms with E-state index in [0.717, 1.165) is 0 Å². The summed E-state index contributed by atoms with van der Waals surface area (Å²) in [6, 6.07) is 0. The molecule has 46 heavy (non-hydrogen) atoms. The summed E-state index contributed by atoms with van der Waals surface area (Å²) in [4.78, 5) is 2.60. The van der Waals surface area contributed by atoms with E-state index < -0.39 is 0 Å². The first kappa shape index (κ1) is 46.0. The minimum Gasteiger partial charge on any atom is -0.306 e. The average molecular weight is 648 g/mol. The van der Waals surface area contributed by atoms with E-state index in [9.17, 15) is 0 Å². The van der Waals surface area contributed by atoms with E-state index >= 15 is 0 Å². The van der Waals surface area contributed by atoms with E-state index in [2.05, 4.69) is 25.8 Å². The molecule has 0 spiro atoms. The van der Waals surface area contributed by atoms with E-state index in [1.807, 2.05) is 0 Å². The van der Waals surface area contributed by atoms with Gasteiger partial charge in [-0.25, -0.2) is 0 Å². The van der Waals surface area contributed by atoms with Gasteiger partial charge in [-0.3, -0.25) is 0 Å².